The summed E-state index contributed by atoms with van der Waals surface area (Å²) in [6.07, 6.45) is 0. The van der Waals surface area contributed by atoms with E-state index in [0.717, 1.165) is 25.7 Å². The van der Waals surface area contributed by atoms with Crippen LogP contribution in [0.25, 0.3) is 11.1 Å². The minimum Gasteiger partial charge on any atom is -0.408 e. The van der Waals surface area contributed by atoms with E-state index in [0.29, 0.717) is 18.0 Å². The molecule has 2 aromatic heterocycles. The summed E-state index contributed by atoms with van der Waals surface area (Å²) in [6, 6.07) is 16.3. The van der Waals surface area contributed by atoms with E-state index in [1.807, 2.05) is 24.3 Å². The van der Waals surface area contributed by atoms with E-state index < -0.39 is 0 Å². The minimum absolute atomic E-state index is 0.316. The maximum atomic E-state index is 12.0. The second-order valence-electron chi connectivity index (χ2n) is 6.85. The van der Waals surface area contributed by atoms with Crippen molar-refractivity contribution < 1.29 is 4.42 Å². The van der Waals surface area contributed by atoms with Crippen LogP contribution in [0.3, 0.4) is 0 Å². The van der Waals surface area contributed by atoms with Crippen molar-refractivity contribution in [1.82, 2.24) is 14.8 Å². The van der Waals surface area contributed by atoms with Gasteiger partial charge in [0.2, 0.25) is 0 Å². The van der Waals surface area contributed by atoms with Crippen LogP contribution in [0.5, 0.6) is 0 Å². The molecule has 29 heavy (non-hydrogen) atoms. The highest BCUT2D eigenvalue weighted by Crippen LogP contribution is 2.31. The number of aryl methyl sites for hydroxylation is 1. The number of oxazole rings is 1. The van der Waals surface area contributed by atoms with Crippen molar-refractivity contribution in [3.05, 3.63) is 70.2 Å². The Bertz CT molecular complexity index is 1150. The first-order valence-electron chi connectivity index (χ1n) is 9.36. The standard InChI is InChI=1S/C21H21N3O2S3/c1-14(2)16-9-7-15(8-10-16)13-28-20-23-22-19(29-20)27-12-11-24-17-5-3-4-6-18(17)26-21(24)25/h3-10,14H,11-13H2,1-2H3. The Labute approximate surface area is 181 Å². The Kier molecular flexibility index (Phi) is 6.42. The number of thioether (sulfide) groups is 2. The number of fused-ring (bicyclic) bond motifs is 1. The predicted molar refractivity (Wildman–Crippen MR) is 121 cm³/mol. The minimum atomic E-state index is -0.316. The van der Waals surface area contributed by atoms with E-state index in [1.54, 1.807) is 39.4 Å². The first kappa shape index (κ1) is 20.3. The van der Waals surface area contributed by atoms with Crippen LogP contribution in [0.1, 0.15) is 30.9 Å². The van der Waals surface area contributed by atoms with Crippen LogP contribution in [-0.4, -0.2) is 20.5 Å². The van der Waals surface area contributed by atoms with Crippen molar-refractivity contribution in [2.75, 3.05) is 5.75 Å². The fraction of sp³-hybridized carbons (Fsp3) is 0.286. The molecule has 0 unspecified atom stereocenters. The smallest absolute Gasteiger partial charge is 0.408 e. The molecule has 0 atom stereocenters. The molecule has 0 aliphatic carbocycles. The Morgan fingerprint density at radius 2 is 1.76 bits per heavy atom. The number of aromatic nitrogens is 3. The molecule has 150 valence electrons. The predicted octanol–water partition coefficient (Wildman–Crippen LogP) is 5.65. The van der Waals surface area contributed by atoms with Crippen molar-refractivity contribution in [3.8, 4) is 0 Å². The third-order valence-electron chi connectivity index (χ3n) is 4.51. The van der Waals surface area contributed by atoms with E-state index in [2.05, 4.69) is 48.3 Å². The van der Waals surface area contributed by atoms with Crippen molar-refractivity contribution in [3.63, 3.8) is 0 Å². The molecule has 0 N–H and O–H groups in total. The Hall–Kier alpha value is -2.03. The molecule has 4 aromatic rings. The van der Waals surface area contributed by atoms with Crippen LogP contribution < -0.4 is 5.76 Å². The molecular formula is C21H21N3O2S3. The van der Waals surface area contributed by atoms with Crippen molar-refractivity contribution in [1.29, 1.82) is 0 Å². The summed E-state index contributed by atoms with van der Waals surface area (Å²) in [5, 5.41) is 8.55. The highest BCUT2D eigenvalue weighted by atomic mass is 32.2. The van der Waals surface area contributed by atoms with Gasteiger partial charge in [-0.15, -0.1) is 10.2 Å². The molecule has 2 aromatic carbocycles. The number of benzene rings is 2. The lowest BCUT2D eigenvalue weighted by Gasteiger charge is -2.05. The lowest BCUT2D eigenvalue weighted by Crippen LogP contribution is -2.15. The molecule has 0 aliphatic rings. The molecule has 8 heteroatoms. The van der Waals surface area contributed by atoms with Crippen LogP contribution in [0, 0.1) is 0 Å². The number of rotatable bonds is 8. The zero-order valence-corrected chi connectivity index (χ0v) is 18.6. The number of hydrogen-bond acceptors (Lipinski definition) is 7. The second-order valence-corrected chi connectivity index (χ2v) is 10.4. The summed E-state index contributed by atoms with van der Waals surface area (Å²) >= 11 is 4.92. The summed E-state index contributed by atoms with van der Waals surface area (Å²) in [4.78, 5) is 12.0. The van der Waals surface area contributed by atoms with Crippen molar-refractivity contribution >= 4 is 46.0 Å². The Morgan fingerprint density at radius 3 is 2.52 bits per heavy atom. The molecule has 0 fully saturated rings. The zero-order valence-electron chi connectivity index (χ0n) is 16.2. The Morgan fingerprint density at radius 1 is 1.03 bits per heavy atom. The quantitative estimate of drug-likeness (QED) is 0.328. The molecule has 0 aliphatic heterocycles. The zero-order chi connectivity index (χ0) is 20.2. The van der Waals surface area contributed by atoms with Crippen molar-refractivity contribution in [2.24, 2.45) is 0 Å². The normalized spacial score (nSPS) is 11.6. The molecule has 0 saturated heterocycles. The van der Waals surface area contributed by atoms with E-state index in [1.165, 1.54) is 11.1 Å². The van der Waals surface area contributed by atoms with Gasteiger partial charge in [-0.1, -0.05) is 85.1 Å². The average Bonchev–Trinajstić information content (AvgIpc) is 3.31. The van der Waals surface area contributed by atoms with E-state index >= 15 is 0 Å². The Balaban J connectivity index is 1.30. The fourth-order valence-electron chi connectivity index (χ4n) is 2.91. The molecule has 0 amide bonds. The first-order chi connectivity index (χ1) is 14.1. The van der Waals surface area contributed by atoms with Gasteiger partial charge < -0.3 is 4.42 Å². The molecule has 0 saturated carbocycles. The number of para-hydroxylation sites is 2. The molecule has 2 heterocycles. The monoisotopic (exact) mass is 443 g/mol. The van der Waals surface area contributed by atoms with Gasteiger partial charge in [0, 0.05) is 18.1 Å². The first-order valence-corrected chi connectivity index (χ1v) is 12.2. The maximum Gasteiger partial charge on any atom is 0.419 e. The highest BCUT2D eigenvalue weighted by molar-refractivity contribution is 8.02. The van der Waals surface area contributed by atoms with Gasteiger partial charge in [-0.05, 0) is 29.2 Å². The lowest BCUT2D eigenvalue weighted by atomic mass is 10.0. The third-order valence-corrected chi connectivity index (χ3v) is 7.75. The number of hydrogen-bond donors (Lipinski definition) is 0. The van der Waals surface area contributed by atoms with Gasteiger partial charge in [-0.25, -0.2) is 4.79 Å². The van der Waals surface area contributed by atoms with Crippen LogP contribution in [-0.2, 0) is 12.3 Å². The molecule has 0 spiro atoms. The van der Waals surface area contributed by atoms with Crippen molar-refractivity contribution in [2.45, 2.75) is 40.7 Å². The van der Waals surface area contributed by atoms with Gasteiger partial charge in [0.05, 0.1) is 5.52 Å². The summed E-state index contributed by atoms with van der Waals surface area (Å²) in [6.45, 7) is 4.98. The summed E-state index contributed by atoms with van der Waals surface area (Å²) in [5.41, 5.74) is 4.10. The fourth-order valence-corrected chi connectivity index (χ4v) is 5.88. The molecule has 0 radical (unpaired) electrons. The van der Waals surface area contributed by atoms with Crippen LogP contribution >= 0.6 is 34.9 Å². The van der Waals surface area contributed by atoms with Crippen LogP contribution in [0.4, 0.5) is 0 Å². The van der Waals surface area contributed by atoms with Crippen LogP contribution in [0.15, 0.2) is 66.4 Å². The molecular weight excluding hydrogens is 422 g/mol. The van der Waals surface area contributed by atoms with E-state index in [9.17, 15) is 4.79 Å². The number of nitrogens with zero attached hydrogens (tertiary/aromatic N) is 3. The SMILES string of the molecule is CC(C)c1ccc(CSc2nnc(SCCn3c(=O)oc4ccccc43)s2)cc1. The van der Waals surface area contributed by atoms with E-state index in [-0.39, 0.29) is 5.76 Å². The molecule has 5 nitrogen and oxygen atoms in total. The summed E-state index contributed by atoms with van der Waals surface area (Å²) in [5.74, 6) is 1.85. The third kappa shape index (κ3) is 4.94. The van der Waals surface area contributed by atoms with Gasteiger partial charge >= 0.3 is 5.76 Å². The van der Waals surface area contributed by atoms with Gasteiger partial charge in [-0.2, -0.15) is 0 Å². The van der Waals surface area contributed by atoms with Crippen LogP contribution in [0.2, 0.25) is 0 Å². The highest BCUT2D eigenvalue weighted by Gasteiger charge is 2.10. The lowest BCUT2D eigenvalue weighted by molar-refractivity contribution is 0.514. The van der Waals surface area contributed by atoms with E-state index in [4.69, 9.17) is 4.42 Å². The summed E-state index contributed by atoms with van der Waals surface area (Å²) < 4.78 is 8.82. The summed E-state index contributed by atoms with van der Waals surface area (Å²) in [7, 11) is 0. The topological polar surface area (TPSA) is 60.9 Å². The molecule has 4 rings (SSSR count). The largest absolute Gasteiger partial charge is 0.419 e. The average molecular weight is 444 g/mol. The van der Waals surface area contributed by atoms with Gasteiger partial charge in [0.1, 0.15) is 0 Å². The van der Waals surface area contributed by atoms with Gasteiger partial charge in [0.25, 0.3) is 0 Å². The molecule has 0 bridgehead atoms. The van der Waals surface area contributed by atoms with Gasteiger partial charge in [-0.3, -0.25) is 4.57 Å². The second kappa shape index (κ2) is 9.19. The van der Waals surface area contributed by atoms with Gasteiger partial charge in [0.15, 0.2) is 14.3 Å². The maximum absolute atomic E-state index is 12.0.